The molecule has 0 N–H and O–H groups in total. The first kappa shape index (κ1) is 21.2. The van der Waals surface area contributed by atoms with Gasteiger partial charge >= 0.3 is 0 Å². The molecule has 3 saturated heterocycles. The minimum Gasteiger partial charge on any atom is -0.484 e. The Hall–Kier alpha value is -2.61. The minimum absolute atomic E-state index is 0.0107. The van der Waals surface area contributed by atoms with Crippen LogP contribution in [0.25, 0.3) is 0 Å². The predicted molar refractivity (Wildman–Crippen MR) is 120 cm³/mol. The third kappa shape index (κ3) is 4.08. The number of morpholine rings is 1. The zero-order valence-corrected chi connectivity index (χ0v) is 18.5. The van der Waals surface area contributed by atoms with Crippen molar-refractivity contribution in [1.82, 2.24) is 14.7 Å². The minimum atomic E-state index is -0.239. The number of para-hydroxylation sites is 1. The van der Waals surface area contributed by atoms with Crippen molar-refractivity contribution >= 4 is 23.4 Å². The number of hydrogen-bond acceptors (Lipinski definition) is 5. The van der Waals surface area contributed by atoms with Crippen LogP contribution in [0.5, 0.6) is 5.75 Å². The number of ether oxygens (including phenoxy) is 2. The fourth-order valence-corrected chi connectivity index (χ4v) is 5.13. The molecule has 7 nitrogen and oxygen atoms in total. The number of rotatable bonds is 4. The van der Waals surface area contributed by atoms with Crippen molar-refractivity contribution in [3.63, 3.8) is 0 Å². The van der Waals surface area contributed by atoms with E-state index in [0.717, 1.165) is 6.54 Å². The van der Waals surface area contributed by atoms with E-state index < -0.39 is 0 Å². The second-order valence-corrected chi connectivity index (χ2v) is 9.13. The lowest BCUT2D eigenvalue weighted by atomic mass is 9.82. The smallest absolute Gasteiger partial charge is 0.260 e. The number of carbonyl (C=O) groups excluding carboxylic acids is 2. The number of amides is 2. The molecule has 1 spiro atoms. The first-order valence-electron chi connectivity index (χ1n) is 10.9. The zero-order chi connectivity index (χ0) is 22.1. The molecule has 2 amide bonds. The van der Waals surface area contributed by atoms with Crippen molar-refractivity contribution in [3.8, 4) is 5.75 Å². The summed E-state index contributed by atoms with van der Waals surface area (Å²) in [5, 5.41) is 0.606. The topological polar surface area (TPSA) is 62.3 Å². The lowest BCUT2D eigenvalue weighted by molar-refractivity contribution is -0.173. The quantitative estimate of drug-likeness (QED) is 0.707. The molecule has 3 aliphatic heterocycles. The van der Waals surface area contributed by atoms with Gasteiger partial charge < -0.3 is 19.3 Å². The molecular weight excluding hydrogens is 430 g/mol. The summed E-state index contributed by atoms with van der Waals surface area (Å²) < 4.78 is 11.3. The Balaban J connectivity index is 1.27. The van der Waals surface area contributed by atoms with Crippen LogP contribution in [0.2, 0.25) is 5.02 Å². The molecule has 2 aromatic carbocycles. The van der Waals surface area contributed by atoms with Gasteiger partial charge in [-0.15, -0.1) is 0 Å². The fraction of sp³-hybridized carbons (Fsp3) is 0.417. The van der Waals surface area contributed by atoms with E-state index in [1.165, 1.54) is 0 Å². The molecule has 0 aromatic heterocycles. The molecule has 0 bridgehead atoms. The summed E-state index contributed by atoms with van der Waals surface area (Å²) in [6, 6.07) is 16.5. The number of benzene rings is 2. The van der Waals surface area contributed by atoms with Gasteiger partial charge in [-0.3, -0.25) is 14.5 Å². The van der Waals surface area contributed by atoms with Gasteiger partial charge in [-0.1, -0.05) is 29.8 Å². The first-order chi connectivity index (χ1) is 15.5. The van der Waals surface area contributed by atoms with E-state index in [0.29, 0.717) is 55.7 Å². The Labute approximate surface area is 192 Å². The maximum atomic E-state index is 13.2. The molecule has 8 heteroatoms. The molecule has 5 rings (SSSR count). The number of likely N-dealkylation sites (tertiary alicyclic amines) is 1. The van der Waals surface area contributed by atoms with Gasteiger partial charge in [-0.25, -0.2) is 0 Å². The highest BCUT2D eigenvalue weighted by Crippen LogP contribution is 2.36. The van der Waals surface area contributed by atoms with Gasteiger partial charge in [0.2, 0.25) is 0 Å². The van der Waals surface area contributed by atoms with Crippen molar-refractivity contribution in [2.45, 2.75) is 11.6 Å². The van der Waals surface area contributed by atoms with E-state index in [1.54, 1.807) is 24.3 Å². The van der Waals surface area contributed by atoms with Gasteiger partial charge in [0.1, 0.15) is 5.75 Å². The van der Waals surface area contributed by atoms with E-state index in [-0.39, 0.29) is 30.0 Å². The zero-order valence-electron chi connectivity index (χ0n) is 17.8. The Kier molecular flexibility index (Phi) is 5.80. The average molecular weight is 456 g/mol. The van der Waals surface area contributed by atoms with Crippen LogP contribution in [0.1, 0.15) is 10.4 Å². The van der Waals surface area contributed by atoms with E-state index in [2.05, 4.69) is 4.90 Å². The normalized spacial score (nSPS) is 22.2. The summed E-state index contributed by atoms with van der Waals surface area (Å²) in [6.45, 7) is 4.49. The van der Waals surface area contributed by atoms with Crippen LogP contribution in [-0.2, 0) is 9.53 Å². The Morgan fingerprint density at radius 1 is 1.03 bits per heavy atom. The highest BCUT2D eigenvalue weighted by molar-refractivity contribution is 6.30. The maximum Gasteiger partial charge on any atom is 0.260 e. The number of hydrogen-bond donors (Lipinski definition) is 0. The van der Waals surface area contributed by atoms with Crippen molar-refractivity contribution in [3.05, 3.63) is 65.2 Å². The van der Waals surface area contributed by atoms with Crippen LogP contribution in [0.15, 0.2) is 54.6 Å². The van der Waals surface area contributed by atoms with E-state index in [9.17, 15) is 9.59 Å². The van der Waals surface area contributed by atoms with Crippen molar-refractivity contribution in [2.75, 3.05) is 52.5 Å². The van der Waals surface area contributed by atoms with Crippen LogP contribution in [-0.4, -0.2) is 90.6 Å². The molecular formula is C24H26ClN3O4. The maximum absolute atomic E-state index is 13.2. The standard InChI is InChI=1S/C24H26ClN3O4/c25-19-8-6-18(7-9-19)23(30)26-12-20-13-31-11-10-28(20)24(15-26)16-27(17-24)22(29)14-32-21-4-2-1-3-5-21/h1-9,20H,10-17H2. The van der Waals surface area contributed by atoms with E-state index >= 15 is 0 Å². The molecule has 3 fully saturated rings. The summed E-state index contributed by atoms with van der Waals surface area (Å²) in [6.07, 6.45) is 0. The Bertz CT molecular complexity index is 978. The number of carbonyl (C=O) groups is 2. The van der Waals surface area contributed by atoms with Crippen LogP contribution < -0.4 is 4.74 Å². The lowest BCUT2D eigenvalue weighted by Gasteiger charge is -2.63. The van der Waals surface area contributed by atoms with Gasteiger partial charge in [-0.2, -0.15) is 0 Å². The number of halogens is 1. The van der Waals surface area contributed by atoms with Crippen LogP contribution >= 0.6 is 11.6 Å². The predicted octanol–water partition coefficient (Wildman–Crippen LogP) is 2.16. The Morgan fingerprint density at radius 2 is 1.75 bits per heavy atom. The van der Waals surface area contributed by atoms with Crippen LogP contribution in [0, 0.1) is 0 Å². The van der Waals surface area contributed by atoms with Crippen LogP contribution in [0.3, 0.4) is 0 Å². The molecule has 3 aliphatic rings. The summed E-state index contributed by atoms with van der Waals surface area (Å²) >= 11 is 5.98. The lowest BCUT2D eigenvalue weighted by Crippen LogP contribution is -2.81. The monoisotopic (exact) mass is 455 g/mol. The number of fused-ring (bicyclic) bond motifs is 2. The van der Waals surface area contributed by atoms with Crippen LogP contribution in [0.4, 0.5) is 0 Å². The molecule has 1 unspecified atom stereocenters. The SMILES string of the molecule is O=C(COc1ccccc1)N1CC2(C1)CN(C(=O)c1ccc(Cl)cc1)CC1COCCN12. The molecule has 168 valence electrons. The highest BCUT2D eigenvalue weighted by Gasteiger charge is 2.56. The Morgan fingerprint density at radius 3 is 2.50 bits per heavy atom. The molecule has 1 atom stereocenters. The molecule has 3 heterocycles. The fourth-order valence-electron chi connectivity index (χ4n) is 5.00. The molecule has 0 saturated carbocycles. The van der Waals surface area contributed by atoms with E-state index in [1.807, 2.05) is 40.1 Å². The largest absolute Gasteiger partial charge is 0.484 e. The molecule has 0 radical (unpaired) electrons. The molecule has 32 heavy (non-hydrogen) atoms. The van der Waals surface area contributed by atoms with Gasteiger partial charge in [-0.05, 0) is 36.4 Å². The third-order valence-corrected chi connectivity index (χ3v) is 6.81. The van der Waals surface area contributed by atoms with Gasteiger partial charge in [0.05, 0.1) is 24.8 Å². The van der Waals surface area contributed by atoms with Crippen molar-refractivity contribution in [1.29, 1.82) is 0 Å². The molecule has 2 aromatic rings. The average Bonchev–Trinajstić information content (AvgIpc) is 2.81. The van der Waals surface area contributed by atoms with Crippen molar-refractivity contribution < 1.29 is 19.1 Å². The highest BCUT2D eigenvalue weighted by atomic mass is 35.5. The summed E-state index contributed by atoms with van der Waals surface area (Å²) in [4.78, 5) is 32.1. The van der Waals surface area contributed by atoms with E-state index in [4.69, 9.17) is 21.1 Å². The summed E-state index contributed by atoms with van der Waals surface area (Å²) in [5.41, 5.74) is 0.384. The van der Waals surface area contributed by atoms with Crippen molar-refractivity contribution in [2.24, 2.45) is 0 Å². The van der Waals surface area contributed by atoms with Gasteiger partial charge in [0.15, 0.2) is 6.61 Å². The van der Waals surface area contributed by atoms with Gasteiger partial charge in [0.25, 0.3) is 11.8 Å². The summed E-state index contributed by atoms with van der Waals surface area (Å²) in [7, 11) is 0. The summed E-state index contributed by atoms with van der Waals surface area (Å²) in [5.74, 6) is 0.635. The second-order valence-electron chi connectivity index (χ2n) is 8.69. The van der Waals surface area contributed by atoms with Gasteiger partial charge in [0, 0.05) is 43.3 Å². The first-order valence-corrected chi connectivity index (χ1v) is 11.3. The second kappa shape index (κ2) is 8.73. The number of nitrogens with zero attached hydrogens (tertiary/aromatic N) is 3. The number of piperazine rings is 1. The molecule has 0 aliphatic carbocycles. The third-order valence-electron chi connectivity index (χ3n) is 6.56.